The van der Waals surface area contributed by atoms with Crippen molar-refractivity contribution in [2.45, 2.75) is 70.6 Å². The average molecular weight is 467 g/mol. The lowest BCUT2D eigenvalue weighted by Gasteiger charge is -2.27. The molecular formula is C33H38O2. The summed E-state index contributed by atoms with van der Waals surface area (Å²) in [6.45, 7) is 4.34. The largest absolute Gasteiger partial charge is 0.426 e. The van der Waals surface area contributed by atoms with Crippen molar-refractivity contribution in [3.05, 3.63) is 113 Å². The summed E-state index contributed by atoms with van der Waals surface area (Å²) in [5.41, 5.74) is 5.45. The second kappa shape index (κ2) is 12.5. The molecule has 0 radical (unpaired) electrons. The van der Waals surface area contributed by atoms with Gasteiger partial charge in [-0.2, -0.15) is 0 Å². The third-order valence-corrected chi connectivity index (χ3v) is 7.40. The van der Waals surface area contributed by atoms with E-state index in [1.54, 1.807) is 0 Å². The quantitative estimate of drug-likeness (QED) is 0.180. The molecule has 1 saturated carbocycles. The number of rotatable bonds is 9. The zero-order valence-electron chi connectivity index (χ0n) is 21.2. The van der Waals surface area contributed by atoms with Crippen LogP contribution < -0.4 is 4.74 Å². The Morgan fingerprint density at radius 3 is 2.20 bits per heavy atom. The Morgan fingerprint density at radius 1 is 0.886 bits per heavy atom. The van der Waals surface area contributed by atoms with Gasteiger partial charge in [0.2, 0.25) is 0 Å². The topological polar surface area (TPSA) is 26.3 Å². The van der Waals surface area contributed by atoms with E-state index in [0.29, 0.717) is 17.6 Å². The summed E-state index contributed by atoms with van der Waals surface area (Å²) in [6, 6.07) is 27.9. The van der Waals surface area contributed by atoms with E-state index in [2.05, 4.69) is 85.8 Å². The molecule has 0 aromatic heterocycles. The number of aryl methyl sites for hydroxylation is 1. The van der Waals surface area contributed by atoms with Gasteiger partial charge in [0.1, 0.15) is 5.75 Å². The average Bonchev–Trinajstić information content (AvgIpc) is 2.91. The molecule has 1 atom stereocenters. The van der Waals surface area contributed by atoms with Gasteiger partial charge < -0.3 is 4.74 Å². The van der Waals surface area contributed by atoms with E-state index < -0.39 is 0 Å². The van der Waals surface area contributed by atoms with Crippen molar-refractivity contribution in [2.75, 3.05) is 0 Å². The minimum absolute atomic E-state index is 0.00612. The van der Waals surface area contributed by atoms with E-state index in [-0.39, 0.29) is 11.9 Å². The fourth-order valence-corrected chi connectivity index (χ4v) is 5.18. The first kappa shape index (κ1) is 25.0. The highest BCUT2D eigenvalue weighted by atomic mass is 16.5. The molecule has 1 aliphatic rings. The minimum Gasteiger partial charge on any atom is -0.426 e. The molecule has 0 heterocycles. The van der Waals surface area contributed by atoms with Gasteiger partial charge in [0.25, 0.3) is 0 Å². The van der Waals surface area contributed by atoms with Crippen molar-refractivity contribution in [3.8, 4) is 5.75 Å². The first-order valence-corrected chi connectivity index (χ1v) is 13.2. The first-order valence-electron chi connectivity index (χ1n) is 13.2. The van der Waals surface area contributed by atoms with Gasteiger partial charge in [-0.25, -0.2) is 0 Å². The Labute approximate surface area is 211 Å². The molecule has 0 spiro atoms. The van der Waals surface area contributed by atoms with Crippen LogP contribution in [0.3, 0.4) is 0 Å². The number of benzene rings is 3. The summed E-state index contributed by atoms with van der Waals surface area (Å²) in [5, 5.41) is 0. The Bertz CT molecular complexity index is 1070. The van der Waals surface area contributed by atoms with Crippen LogP contribution in [-0.4, -0.2) is 5.97 Å². The molecule has 2 heteroatoms. The van der Waals surface area contributed by atoms with E-state index in [1.807, 2.05) is 19.1 Å². The summed E-state index contributed by atoms with van der Waals surface area (Å²) in [6.07, 6.45) is 11.2. The lowest BCUT2D eigenvalue weighted by molar-refractivity contribution is -0.140. The third kappa shape index (κ3) is 7.18. The summed E-state index contributed by atoms with van der Waals surface area (Å²) in [7, 11) is 0. The Hall–Kier alpha value is -3.13. The standard InChI is InChI=1S/C33H38O2/c1-3-4-6-9-26-14-22-32(23-15-26)35-33(34)31-20-18-30(19-21-31)29-16-12-27(13-17-29)24-25(2)28-10-7-5-8-11-28/h3-5,7-8,10-17,22-23,25,30-31H,6,9,18-21,24H2,1-2H3/b4-3+/t25-,30?,31?/m0/s1. The molecule has 182 valence electrons. The first-order chi connectivity index (χ1) is 17.1. The van der Waals surface area contributed by atoms with Crippen molar-refractivity contribution >= 4 is 5.97 Å². The van der Waals surface area contributed by atoms with Crippen molar-refractivity contribution < 1.29 is 9.53 Å². The molecule has 3 aromatic rings. The SMILES string of the molecule is C/C=C/CCc1ccc(OC(=O)C2CCC(c3ccc(C[C@H](C)c4ccccc4)cc3)CC2)cc1. The molecule has 1 fully saturated rings. The van der Waals surface area contributed by atoms with E-state index in [9.17, 15) is 4.79 Å². The van der Waals surface area contributed by atoms with Gasteiger partial charge in [0.05, 0.1) is 5.92 Å². The van der Waals surface area contributed by atoms with Gasteiger partial charge in [-0.3, -0.25) is 4.79 Å². The van der Waals surface area contributed by atoms with Gasteiger partial charge in [-0.15, -0.1) is 0 Å². The summed E-state index contributed by atoms with van der Waals surface area (Å²) < 4.78 is 5.71. The molecule has 0 bridgehead atoms. The van der Waals surface area contributed by atoms with Crippen LogP contribution in [0, 0.1) is 5.92 Å². The molecule has 1 aliphatic carbocycles. The minimum atomic E-state index is -0.0737. The van der Waals surface area contributed by atoms with Gasteiger partial charge in [0, 0.05) is 0 Å². The van der Waals surface area contributed by atoms with Crippen LogP contribution in [0.1, 0.15) is 80.0 Å². The van der Waals surface area contributed by atoms with Gasteiger partial charge in [-0.05, 0) is 98.1 Å². The Morgan fingerprint density at radius 2 is 1.54 bits per heavy atom. The lowest BCUT2D eigenvalue weighted by Crippen LogP contribution is -2.25. The molecule has 35 heavy (non-hydrogen) atoms. The van der Waals surface area contributed by atoms with Crippen LogP contribution in [0.5, 0.6) is 5.75 Å². The maximum absolute atomic E-state index is 12.7. The summed E-state index contributed by atoms with van der Waals surface area (Å²) in [5.74, 6) is 1.64. The zero-order chi connectivity index (χ0) is 24.5. The number of hydrogen-bond acceptors (Lipinski definition) is 2. The predicted octanol–water partition coefficient (Wildman–Crippen LogP) is 8.42. The molecule has 3 aromatic carbocycles. The number of hydrogen-bond donors (Lipinski definition) is 0. The van der Waals surface area contributed by atoms with Crippen molar-refractivity contribution in [3.63, 3.8) is 0 Å². The number of carbonyl (C=O) groups excluding carboxylic acids is 1. The van der Waals surface area contributed by atoms with Crippen LogP contribution in [0.15, 0.2) is 91.0 Å². The summed E-state index contributed by atoms with van der Waals surface area (Å²) >= 11 is 0. The van der Waals surface area contributed by atoms with Crippen molar-refractivity contribution in [2.24, 2.45) is 5.92 Å². The van der Waals surface area contributed by atoms with E-state index >= 15 is 0 Å². The highest BCUT2D eigenvalue weighted by molar-refractivity contribution is 5.75. The summed E-state index contributed by atoms with van der Waals surface area (Å²) in [4.78, 5) is 12.7. The van der Waals surface area contributed by atoms with Gasteiger partial charge >= 0.3 is 5.97 Å². The zero-order valence-corrected chi connectivity index (χ0v) is 21.2. The number of allylic oxidation sites excluding steroid dienone is 2. The second-order valence-corrected chi connectivity index (χ2v) is 9.98. The molecule has 0 unspecified atom stereocenters. The molecule has 2 nitrogen and oxygen atoms in total. The molecule has 0 amide bonds. The molecule has 0 aliphatic heterocycles. The van der Waals surface area contributed by atoms with E-state index in [1.165, 1.54) is 22.3 Å². The van der Waals surface area contributed by atoms with Crippen LogP contribution in [0.25, 0.3) is 0 Å². The lowest BCUT2D eigenvalue weighted by atomic mass is 9.78. The van der Waals surface area contributed by atoms with E-state index in [0.717, 1.165) is 44.9 Å². The van der Waals surface area contributed by atoms with Crippen molar-refractivity contribution in [1.29, 1.82) is 0 Å². The highest BCUT2D eigenvalue weighted by Gasteiger charge is 2.28. The highest BCUT2D eigenvalue weighted by Crippen LogP contribution is 2.36. The molecule has 0 saturated heterocycles. The van der Waals surface area contributed by atoms with Gasteiger partial charge in [0.15, 0.2) is 0 Å². The van der Waals surface area contributed by atoms with Crippen LogP contribution >= 0.6 is 0 Å². The number of carbonyl (C=O) groups is 1. The maximum atomic E-state index is 12.7. The van der Waals surface area contributed by atoms with Crippen LogP contribution in [-0.2, 0) is 17.6 Å². The smallest absolute Gasteiger partial charge is 0.314 e. The monoisotopic (exact) mass is 466 g/mol. The normalized spacial score (nSPS) is 18.9. The Balaban J connectivity index is 1.24. The fraction of sp³-hybridized carbons (Fsp3) is 0.364. The van der Waals surface area contributed by atoms with Gasteiger partial charge in [-0.1, -0.05) is 85.8 Å². The molecule has 4 rings (SSSR count). The van der Waals surface area contributed by atoms with E-state index in [4.69, 9.17) is 4.74 Å². The number of esters is 1. The Kier molecular flexibility index (Phi) is 8.95. The van der Waals surface area contributed by atoms with Crippen LogP contribution in [0.4, 0.5) is 0 Å². The molecular weight excluding hydrogens is 428 g/mol. The molecule has 0 N–H and O–H groups in total. The predicted molar refractivity (Wildman–Crippen MR) is 145 cm³/mol. The maximum Gasteiger partial charge on any atom is 0.314 e. The third-order valence-electron chi connectivity index (χ3n) is 7.40. The van der Waals surface area contributed by atoms with Crippen LogP contribution in [0.2, 0.25) is 0 Å². The number of ether oxygens (including phenoxy) is 1. The fourth-order valence-electron chi connectivity index (χ4n) is 5.18. The van der Waals surface area contributed by atoms with Crippen molar-refractivity contribution in [1.82, 2.24) is 0 Å². The second-order valence-electron chi connectivity index (χ2n) is 9.98.